The molecule has 1 atom stereocenters. The Hall–Kier alpha value is -3.31. The van der Waals surface area contributed by atoms with Crippen molar-refractivity contribution in [3.05, 3.63) is 76.8 Å². The number of hydrogen-bond donors (Lipinski definition) is 1. The maximum absolute atomic E-state index is 12.9. The lowest BCUT2D eigenvalue weighted by atomic mass is 9.98. The van der Waals surface area contributed by atoms with Gasteiger partial charge in [-0.3, -0.25) is 4.79 Å². The molecule has 0 aliphatic rings. The molecule has 5 nitrogen and oxygen atoms in total. The molecule has 0 saturated heterocycles. The van der Waals surface area contributed by atoms with Crippen LogP contribution in [0.1, 0.15) is 61.9 Å². The number of aromatic nitrogens is 1. The van der Waals surface area contributed by atoms with E-state index in [9.17, 15) is 4.79 Å². The van der Waals surface area contributed by atoms with Crippen LogP contribution in [0.4, 0.5) is 5.69 Å². The number of anilines is 1. The Bertz CT molecular complexity index is 1300. The smallest absolute Gasteiger partial charge is 0.255 e. The number of hydrogen-bond acceptors (Lipinski definition) is 4. The zero-order valence-corrected chi connectivity index (χ0v) is 20.5. The van der Waals surface area contributed by atoms with E-state index in [4.69, 9.17) is 20.8 Å². The Morgan fingerprint density at radius 2 is 1.97 bits per heavy atom. The summed E-state index contributed by atoms with van der Waals surface area (Å²) in [4.78, 5) is 17.6. The first-order valence-corrected chi connectivity index (χ1v) is 12.1. The second-order valence-corrected chi connectivity index (χ2v) is 8.84. The number of ether oxygens (including phenoxy) is 1. The van der Waals surface area contributed by atoms with Crippen LogP contribution in [0.15, 0.2) is 65.1 Å². The number of nitrogens with one attached hydrogen (secondary N) is 1. The lowest BCUT2D eigenvalue weighted by Crippen LogP contribution is -2.12. The van der Waals surface area contributed by atoms with E-state index >= 15 is 0 Å². The monoisotopic (exact) mass is 476 g/mol. The lowest BCUT2D eigenvalue weighted by molar-refractivity contribution is 0.102. The molecule has 0 radical (unpaired) electrons. The highest BCUT2D eigenvalue weighted by atomic mass is 35.5. The highest BCUT2D eigenvalue weighted by Crippen LogP contribution is 2.32. The van der Waals surface area contributed by atoms with E-state index in [-0.39, 0.29) is 5.91 Å². The fourth-order valence-electron chi connectivity index (χ4n) is 3.62. The van der Waals surface area contributed by atoms with Crippen LogP contribution in [0.2, 0.25) is 5.02 Å². The van der Waals surface area contributed by atoms with E-state index in [0.29, 0.717) is 40.4 Å². The van der Waals surface area contributed by atoms with E-state index in [0.717, 1.165) is 35.9 Å². The largest absolute Gasteiger partial charge is 0.494 e. The third kappa shape index (κ3) is 5.42. The number of carbonyl (C=O) groups is 1. The second kappa shape index (κ2) is 10.7. The van der Waals surface area contributed by atoms with Gasteiger partial charge >= 0.3 is 0 Å². The summed E-state index contributed by atoms with van der Waals surface area (Å²) < 4.78 is 11.7. The molecule has 0 fully saturated rings. The van der Waals surface area contributed by atoms with Crippen LogP contribution in [-0.2, 0) is 0 Å². The summed E-state index contributed by atoms with van der Waals surface area (Å²) in [7, 11) is 0. The third-order valence-electron chi connectivity index (χ3n) is 5.92. The van der Waals surface area contributed by atoms with Crippen molar-refractivity contribution < 1.29 is 13.9 Å². The van der Waals surface area contributed by atoms with Gasteiger partial charge in [-0.25, -0.2) is 4.98 Å². The molecular formula is C28H29ClN2O3. The minimum Gasteiger partial charge on any atom is -0.494 e. The number of fused-ring (bicyclic) bond motifs is 1. The molecule has 0 aliphatic heterocycles. The summed E-state index contributed by atoms with van der Waals surface area (Å²) in [6.45, 7) is 7.10. The normalized spacial score (nSPS) is 12.0. The molecule has 0 saturated carbocycles. The molecule has 0 unspecified atom stereocenters. The lowest BCUT2D eigenvalue weighted by Gasteiger charge is -2.10. The van der Waals surface area contributed by atoms with Crippen LogP contribution in [0.5, 0.6) is 5.75 Å². The molecule has 1 N–H and O–H groups in total. The van der Waals surface area contributed by atoms with Gasteiger partial charge in [-0.15, -0.1) is 0 Å². The van der Waals surface area contributed by atoms with Gasteiger partial charge in [0.1, 0.15) is 11.3 Å². The van der Waals surface area contributed by atoms with Crippen molar-refractivity contribution in [3.63, 3.8) is 0 Å². The molecular weight excluding hydrogens is 448 g/mol. The Kier molecular flexibility index (Phi) is 7.53. The first-order valence-electron chi connectivity index (χ1n) is 11.7. The number of carbonyl (C=O) groups excluding carboxylic acids is 1. The summed E-state index contributed by atoms with van der Waals surface area (Å²) >= 11 is 6.39. The first kappa shape index (κ1) is 23.8. The molecule has 176 valence electrons. The zero-order chi connectivity index (χ0) is 24.1. The van der Waals surface area contributed by atoms with Gasteiger partial charge in [-0.05, 0) is 72.9 Å². The van der Waals surface area contributed by atoms with Gasteiger partial charge in [-0.1, -0.05) is 50.9 Å². The van der Waals surface area contributed by atoms with Crippen LogP contribution in [-0.4, -0.2) is 17.5 Å². The highest BCUT2D eigenvalue weighted by Gasteiger charge is 2.15. The van der Waals surface area contributed by atoms with Crippen LogP contribution < -0.4 is 10.1 Å². The van der Waals surface area contributed by atoms with Crippen molar-refractivity contribution in [1.29, 1.82) is 0 Å². The number of nitrogens with zero attached hydrogens (tertiary/aromatic N) is 1. The van der Waals surface area contributed by atoms with Crippen molar-refractivity contribution >= 4 is 34.3 Å². The van der Waals surface area contributed by atoms with E-state index in [1.54, 1.807) is 30.3 Å². The third-order valence-corrected chi connectivity index (χ3v) is 6.25. The maximum Gasteiger partial charge on any atom is 0.255 e. The number of oxazole rings is 1. The molecule has 0 spiro atoms. The topological polar surface area (TPSA) is 64.4 Å². The van der Waals surface area contributed by atoms with Crippen LogP contribution in [0.25, 0.3) is 22.6 Å². The van der Waals surface area contributed by atoms with E-state index in [1.807, 2.05) is 18.2 Å². The summed E-state index contributed by atoms with van der Waals surface area (Å²) in [6.07, 6.45) is 3.08. The van der Waals surface area contributed by atoms with Crippen LogP contribution in [0, 0.1) is 0 Å². The van der Waals surface area contributed by atoms with Crippen LogP contribution in [0.3, 0.4) is 0 Å². The number of benzene rings is 3. The molecule has 4 aromatic rings. The van der Waals surface area contributed by atoms with Gasteiger partial charge < -0.3 is 14.5 Å². The minimum atomic E-state index is -0.268. The average molecular weight is 477 g/mol. The van der Waals surface area contributed by atoms with Crippen molar-refractivity contribution in [2.24, 2.45) is 0 Å². The molecule has 1 amide bonds. The molecule has 34 heavy (non-hydrogen) atoms. The average Bonchev–Trinajstić information content (AvgIpc) is 3.28. The quantitative estimate of drug-likeness (QED) is 0.248. The Morgan fingerprint density at radius 1 is 1.12 bits per heavy atom. The van der Waals surface area contributed by atoms with E-state index in [2.05, 4.69) is 43.2 Å². The summed E-state index contributed by atoms with van der Waals surface area (Å²) in [5.41, 5.74) is 4.49. The van der Waals surface area contributed by atoms with Crippen molar-refractivity contribution in [2.75, 3.05) is 11.9 Å². The van der Waals surface area contributed by atoms with E-state index < -0.39 is 0 Å². The molecule has 0 bridgehead atoms. The Morgan fingerprint density at radius 3 is 2.76 bits per heavy atom. The predicted molar refractivity (Wildman–Crippen MR) is 138 cm³/mol. The predicted octanol–water partition coefficient (Wildman–Crippen LogP) is 8.09. The first-order chi connectivity index (χ1) is 16.5. The fraction of sp³-hybridized carbons (Fsp3) is 0.286. The minimum absolute atomic E-state index is 0.268. The zero-order valence-electron chi connectivity index (χ0n) is 19.7. The Balaban J connectivity index is 1.56. The van der Waals surface area contributed by atoms with Gasteiger partial charge in [0, 0.05) is 11.1 Å². The van der Waals surface area contributed by atoms with Gasteiger partial charge in [-0.2, -0.15) is 0 Å². The summed E-state index contributed by atoms with van der Waals surface area (Å²) in [5.74, 6) is 1.34. The van der Waals surface area contributed by atoms with Crippen molar-refractivity contribution in [1.82, 2.24) is 4.98 Å². The molecule has 1 heterocycles. The number of halogens is 1. The van der Waals surface area contributed by atoms with Crippen molar-refractivity contribution in [3.8, 4) is 17.2 Å². The van der Waals surface area contributed by atoms with Gasteiger partial charge in [0.2, 0.25) is 5.89 Å². The Labute approximate surface area is 205 Å². The van der Waals surface area contributed by atoms with Gasteiger partial charge in [0.15, 0.2) is 5.58 Å². The number of amides is 1. The molecule has 4 rings (SSSR count). The van der Waals surface area contributed by atoms with E-state index in [1.165, 1.54) is 5.56 Å². The van der Waals surface area contributed by atoms with Gasteiger partial charge in [0.05, 0.1) is 17.3 Å². The molecule has 1 aromatic heterocycles. The standard InChI is InChI=1S/C28H29ClN2O3/c1-4-6-14-33-22-9-7-8-20(15-22)27(32)30-24-17-21(10-12-23(24)29)28-31-25-16-19(18(3)5-2)11-13-26(25)34-28/h7-13,15-18H,4-6,14H2,1-3H3,(H,30,32)/t18-/m1/s1. The second-order valence-electron chi connectivity index (χ2n) is 8.43. The summed E-state index contributed by atoms with van der Waals surface area (Å²) in [6, 6.07) is 18.6. The fourth-order valence-corrected chi connectivity index (χ4v) is 3.79. The van der Waals surface area contributed by atoms with Crippen molar-refractivity contribution in [2.45, 2.75) is 46.0 Å². The van der Waals surface area contributed by atoms with Gasteiger partial charge in [0.25, 0.3) is 5.91 Å². The highest BCUT2D eigenvalue weighted by molar-refractivity contribution is 6.34. The van der Waals surface area contributed by atoms with Crippen LogP contribution >= 0.6 is 11.6 Å². The summed E-state index contributed by atoms with van der Waals surface area (Å²) in [5, 5.41) is 3.33. The molecule has 3 aromatic carbocycles. The molecule has 6 heteroatoms. The number of unbranched alkanes of at least 4 members (excludes halogenated alkanes) is 1. The number of rotatable bonds is 9. The SMILES string of the molecule is CCCCOc1cccc(C(=O)Nc2cc(-c3nc4cc([C@H](C)CC)ccc4o3)ccc2Cl)c1. The maximum atomic E-state index is 12.9. The molecule has 0 aliphatic carbocycles.